The molecule has 0 aliphatic heterocycles. The molecule has 0 bridgehead atoms. The van der Waals surface area contributed by atoms with Gasteiger partial charge in [0.05, 0.1) is 26.0 Å². The Hall–Kier alpha value is -4.01. The Morgan fingerprint density at radius 3 is 2.52 bits per heavy atom. The standard InChI is InChI=1S/C25H18N4O2S2/c30-24(21-10-5-15-32-21)27-23-14-13-22(33-23)25(31)26-18-8-3-1-6-16(18)11-12-20-17-7-2-4-9-19(17)28-29-20/h1-15H,(H,26,31)(H,27,30)(H,28,29). The van der Waals surface area contributed by atoms with E-state index in [0.717, 1.165) is 22.2 Å². The van der Waals surface area contributed by atoms with Crippen molar-refractivity contribution < 1.29 is 9.59 Å². The van der Waals surface area contributed by atoms with Gasteiger partial charge in [-0.05, 0) is 47.4 Å². The second kappa shape index (κ2) is 9.23. The number of rotatable bonds is 6. The molecule has 8 heteroatoms. The number of thiophene rings is 2. The van der Waals surface area contributed by atoms with E-state index in [4.69, 9.17) is 0 Å². The van der Waals surface area contributed by atoms with Crippen molar-refractivity contribution in [2.75, 3.05) is 10.6 Å². The van der Waals surface area contributed by atoms with Crippen LogP contribution in [0.5, 0.6) is 0 Å². The molecule has 5 rings (SSSR count). The first-order valence-electron chi connectivity index (χ1n) is 10.1. The van der Waals surface area contributed by atoms with Crippen molar-refractivity contribution >= 4 is 68.2 Å². The Bertz CT molecular complexity index is 1460. The van der Waals surface area contributed by atoms with Crippen LogP contribution in [0.2, 0.25) is 0 Å². The second-order valence-corrected chi connectivity index (χ2v) is 9.16. The lowest BCUT2D eigenvalue weighted by Gasteiger charge is -2.07. The van der Waals surface area contributed by atoms with Gasteiger partial charge in [0.25, 0.3) is 11.8 Å². The molecule has 0 aliphatic carbocycles. The van der Waals surface area contributed by atoms with Gasteiger partial charge < -0.3 is 10.6 Å². The summed E-state index contributed by atoms with van der Waals surface area (Å²) in [5, 5.41) is 16.7. The van der Waals surface area contributed by atoms with Gasteiger partial charge in [-0.1, -0.05) is 48.5 Å². The molecule has 162 valence electrons. The topological polar surface area (TPSA) is 86.9 Å². The molecule has 33 heavy (non-hydrogen) atoms. The summed E-state index contributed by atoms with van der Waals surface area (Å²) in [6.45, 7) is 0. The Kier molecular flexibility index (Phi) is 5.84. The number of nitrogens with zero attached hydrogens (tertiary/aromatic N) is 1. The smallest absolute Gasteiger partial charge is 0.266 e. The normalized spacial score (nSPS) is 11.2. The summed E-state index contributed by atoms with van der Waals surface area (Å²) in [7, 11) is 0. The lowest BCUT2D eigenvalue weighted by atomic mass is 10.1. The molecule has 0 fully saturated rings. The van der Waals surface area contributed by atoms with Gasteiger partial charge in [-0.3, -0.25) is 14.7 Å². The van der Waals surface area contributed by atoms with Gasteiger partial charge in [0.2, 0.25) is 0 Å². The number of nitrogens with one attached hydrogen (secondary N) is 3. The van der Waals surface area contributed by atoms with Crippen molar-refractivity contribution in [1.29, 1.82) is 0 Å². The van der Waals surface area contributed by atoms with E-state index >= 15 is 0 Å². The van der Waals surface area contributed by atoms with Crippen LogP contribution in [-0.4, -0.2) is 22.0 Å². The SMILES string of the molecule is O=C(Nc1ccc(C(=O)Nc2ccccc2C=Cc2n[nH]c3ccccc23)s1)c1cccs1. The number of amides is 2. The number of anilines is 2. The van der Waals surface area contributed by atoms with Crippen molar-refractivity contribution in [1.82, 2.24) is 10.2 Å². The molecular formula is C25H18N4O2S2. The summed E-state index contributed by atoms with van der Waals surface area (Å²) in [6, 6.07) is 22.5. The molecule has 0 atom stereocenters. The number of hydrogen-bond donors (Lipinski definition) is 3. The molecule has 5 aromatic rings. The van der Waals surface area contributed by atoms with Crippen LogP contribution in [0.4, 0.5) is 10.7 Å². The van der Waals surface area contributed by atoms with Crippen molar-refractivity contribution in [3.05, 3.63) is 99.2 Å². The first-order chi connectivity index (χ1) is 16.2. The third kappa shape index (κ3) is 4.62. The van der Waals surface area contributed by atoms with Crippen LogP contribution in [-0.2, 0) is 0 Å². The Balaban J connectivity index is 1.31. The van der Waals surface area contributed by atoms with Crippen molar-refractivity contribution in [2.45, 2.75) is 0 Å². The predicted molar refractivity (Wildman–Crippen MR) is 136 cm³/mol. The van der Waals surface area contributed by atoms with Crippen LogP contribution >= 0.6 is 22.7 Å². The van der Waals surface area contributed by atoms with Crippen LogP contribution in [0.25, 0.3) is 23.1 Å². The monoisotopic (exact) mass is 470 g/mol. The summed E-state index contributed by atoms with van der Waals surface area (Å²) >= 11 is 2.60. The first kappa shape index (κ1) is 20.9. The Morgan fingerprint density at radius 1 is 0.818 bits per heavy atom. The van der Waals surface area contributed by atoms with Crippen molar-refractivity contribution in [2.24, 2.45) is 0 Å². The Morgan fingerprint density at radius 2 is 1.64 bits per heavy atom. The minimum atomic E-state index is -0.234. The van der Waals surface area contributed by atoms with Crippen molar-refractivity contribution in [3.63, 3.8) is 0 Å². The molecule has 0 saturated carbocycles. The van der Waals surface area contributed by atoms with Crippen LogP contribution in [0.3, 0.4) is 0 Å². The van der Waals surface area contributed by atoms with E-state index in [-0.39, 0.29) is 11.8 Å². The molecule has 3 heterocycles. The number of carbonyl (C=O) groups is 2. The molecule has 3 aromatic heterocycles. The minimum absolute atomic E-state index is 0.180. The molecule has 0 spiro atoms. The van der Waals surface area contributed by atoms with E-state index in [0.29, 0.717) is 20.4 Å². The maximum atomic E-state index is 12.8. The molecule has 3 N–H and O–H groups in total. The van der Waals surface area contributed by atoms with Crippen LogP contribution in [0, 0.1) is 0 Å². The molecule has 0 unspecified atom stereocenters. The molecule has 6 nitrogen and oxygen atoms in total. The van der Waals surface area contributed by atoms with E-state index in [2.05, 4.69) is 20.8 Å². The van der Waals surface area contributed by atoms with Crippen LogP contribution < -0.4 is 10.6 Å². The molecular weight excluding hydrogens is 452 g/mol. The number of benzene rings is 2. The number of fused-ring (bicyclic) bond motifs is 1. The maximum absolute atomic E-state index is 12.8. The number of H-pyrrole nitrogens is 1. The van der Waals surface area contributed by atoms with Crippen LogP contribution in [0.1, 0.15) is 30.6 Å². The van der Waals surface area contributed by atoms with Crippen molar-refractivity contribution in [3.8, 4) is 0 Å². The second-order valence-electron chi connectivity index (χ2n) is 7.12. The lowest BCUT2D eigenvalue weighted by Crippen LogP contribution is -2.11. The van der Waals surface area contributed by atoms with E-state index in [1.807, 2.05) is 72.1 Å². The van der Waals surface area contributed by atoms with Gasteiger partial charge in [-0.15, -0.1) is 22.7 Å². The van der Waals surface area contributed by atoms with Gasteiger partial charge in [0.1, 0.15) is 0 Å². The average Bonchev–Trinajstić information content (AvgIpc) is 3.59. The van der Waals surface area contributed by atoms with E-state index in [1.54, 1.807) is 18.2 Å². The third-order valence-corrected chi connectivity index (χ3v) is 6.81. The molecule has 0 radical (unpaired) electrons. The number of carbonyl (C=O) groups excluding carboxylic acids is 2. The fourth-order valence-electron chi connectivity index (χ4n) is 3.33. The first-order valence-corrected chi connectivity index (χ1v) is 11.8. The number of aromatic amines is 1. The van der Waals surface area contributed by atoms with Gasteiger partial charge in [-0.2, -0.15) is 5.10 Å². The largest absolute Gasteiger partial charge is 0.321 e. The molecule has 2 amide bonds. The van der Waals surface area contributed by atoms with Gasteiger partial charge in [-0.25, -0.2) is 0 Å². The quantitative estimate of drug-likeness (QED) is 0.270. The minimum Gasteiger partial charge on any atom is -0.321 e. The third-order valence-electron chi connectivity index (χ3n) is 4.94. The number of hydrogen-bond acceptors (Lipinski definition) is 5. The molecule has 0 aliphatic rings. The summed E-state index contributed by atoms with van der Waals surface area (Å²) in [6.07, 6.45) is 3.85. The maximum Gasteiger partial charge on any atom is 0.266 e. The van der Waals surface area contributed by atoms with E-state index < -0.39 is 0 Å². The zero-order valence-corrected chi connectivity index (χ0v) is 18.9. The highest BCUT2D eigenvalue weighted by molar-refractivity contribution is 7.18. The lowest BCUT2D eigenvalue weighted by molar-refractivity contribution is 0.102. The summed E-state index contributed by atoms with van der Waals surface area (Å²) < 4.78 is 0. The summed E-state index contributed by atoms with van der Waals surface area (Å²) in [4.78, 5) is 26.2. The summed E-state index contributed by atoms with van der Waals surface area (Å²) in [5.41, 5.74) is 3.35. The van der Waals surface area contributed by atoms with Crippen LogP contribution in [0.15, 0.2) is 78.2 Å². The highest BCUT2D eigenvalue weighted by atomic mass is 32.1. The van der Waals surface area contributed by atoms with Gasteiger partial charge >= 0.3 is 0 Å². The Labute approximate surface area is 197 Å². The summed E-state index contributed by atoms with van der Waals surface area (Å²) in [5.74, 6) is -0.414. The fourth-order valence-corrected chi connectivity index (χ4v) is 4.74. The predicted octanol–water partition coefficient (Wildman–Crippen LogP) is 6.36. The molecule has 2 aromatic carbocycles. The number of para-hydroxylation sites is 2. The highest BCUT2D eigenvalue weighted by Crippen LogP contribution is 2.26. The van der Waals surface area contributed by atoms with E-state index in [1.165, 1.54) is 22.7 Å². The number of aromatic nitrogens is 2. The highest BCUT2D eigenvalue weighted by Gasteiger charge is 2.14. The zero-order chi connectivity index (χ0) is 22.6. The molecule has 0 saturated heterocycles. The zero-order valence-electron chi connectivity index (χ0n) is 17.2. The average molecular weight is 471 g/mol. The van der Waals surface area contributed by atoms with Gasteiger partial charge in [0, 0.05) is 11.1 Å². The van der Waals surface area contributed by atoms with E-state index in [9.17, 15) is 9.59 Å². The van der Waals surface area contributed by atoms with Gasteiger partial charge in [0.15, 0.2) is 0 Å². The fraction of sp³-hybridized carbons (Fsp3) is 0.